The zero-order valence-corrected chi connectivity index (χ0v) is 9.35. The van der Waals surface area contributed by atoms with E-state index in [2.05, 4.69) is 13.8 Å². The lowest BCUT2D eigenvalue weighted by molar-refractivity contribution is 0.595. The van der Waals surface area contributed by atoms with Crippen molar-refractivity contribution >= 4 is 11.8 Å². The molecule has 78 valence electrons. The number of hydrogen-bond donors (Lipinski definition) is 1. The highest BCUT2D eigenvalue weighted by Crippen LogP contribution is 2.20. The van der Waals surface area contributed by atoms with Crippen LogP contribution in [0.2, 0.25) is 0 Å². The lowest BCUT2D eigenvalue weighted by atomic mass is 10.1. The highest BCUT2D eigenvalue weighted by molar-refractivity contribution is 7.99. The maximum Gasteiger partial charge on any atom is 0.128 e. The van der Waals surface area contributed by atoms with Crippen LogP contribution in [0.25, 0.3) is 0 Å². The summed E-state index contributed by atoms with van der Waals surface area (Å²) in [7, 11) is 0. The summed E-state index contributed by atoms with van der Waals surface area (Å²) in [5, 5.41) is 0.535. The maximum absolute atomic E-state index is 13.3. The zero-order valence-electron chi connectivity index (χ0n) is 8.53. The van der Waals surface area contributed by atoms with E-state index >= 15 is 0 Å². The summed E-state index contributed by atoms with van der Waals surface area (Å²) in [5.74, 6) is 0.558. The van der Waals surface area contributed by atoms with E-state index in [9.17, 15) is 4.39 Å². The number of benzene rings is 1. The van der Waals surface area contributed by atoms with Crippen molar-refractivity contribution in [2.24, 2.45) is 5.73 Å². The van der Waals surface area contributed by atoms with Crippen LogP contribution >= 0.6 is 11.8 Å². The molecule has 0 amide bonds. The molecule has 0 aliphatic rings. The molecule has 14 heavy (non-hydrogen) atoms. The van der Waals surface area contributed by atoms with Crippen molar-refractivity contribution in [3.63, 3.8) is 0 Å². The van der Waals surface area contributed by atoms with Crippen LogP contribution in [0.4, 0.5) is 4.39 Å². The van der Waals surface area contributed by atoms with Gasteiger partial charge in [-0.05, 0) is 11.3 Å². The van der Waals surface area contributed by atoms with Gasteiger partial charge in [-0.1, -0.05) is 32.0 Å². The van der Waals surface area contributed by atoms with Gasteiger partial charge in [-0.2, -0.15) is 11.8 Å². The Morgan fingerprint density at radius 2 is 2.00 bits per heavy atom. The van der Waals surface area contributed by atoms with Gasteiger partial charge >= 0.3 is 0 Å². The summed E-state index contributed by atoms with van der Waals surface area (Å²) < 4.78 is 13.3. The van der Waals surface area contributed by atoms with Crippen molar-refractivity contribution in [2.45, 2.75) is 25.1 Å². The lowest BCUT2D eigenvalue weighted by Gasteiger charge is -2.13. The van der Waals surface area contributed by atoms with Crippen molar-refractivity contribution < 1.29 is 4.39 Å². The van der Waals surface area contributed by atoms with Gasteiger partial charge in [-0.15, -0.1) is 0 Å². The first-order valence-electron chi connectivity index (χ1n) is 4.73. The summed E-state index contributed by atoms with van der Waals surface area (Å²) in [6.45, 7) is 4.22. The van der Waals surface area contributed by atoms with Crippen LogP contribution in [0.5, 0.6) is 0 Å². The van der Waals surface area contributed by atoms with Gasteiger partial charge in [0.1, 0.15) is 5.82 Å². The number of halogens is 1. The quantitative estimate of drug-likeness (QED) is 0.832. The minimum atomic E-state index is -0.205. The molecule has 0 bridgehead atoms. The number of hydrogen-bond acceptors (Lipinski definition) is 2. The summed E-state index contributed by atoms with van der Waals surface area (Å²) in [6.07, 6.45) is 0. The lowest BCUT2D eigenvalue weighted by Crippen LogP contribution is -2.15. The Morgan fingerprint density at radius 1 is 1.36 bits per heavy atom. The molecule has 3 heteroatoms. The first-order valence-corrected chi connectivity index (χ1v) is 5.77. The van der Waals surface area contributed by atoms with E-state index in [-0.39, 0.29) is 11.9 Å². The van der Waals surface area contributed by atoms with Crippen molar-refractivity contribution in [3.05, 3.63) is 35.6 Å². The van der Waals surface area contributed by atoms with E-state index in [1.807, 2.05) is 6.07 Å². The average Bonchev–Trinajstić information content (AvgIpc) is 2.15. The summed E-state index contributed by atoms with van der Waals surface area (Å²) in [4.78, 5) is 0. The topological polar surface area (TPSA) is 26.0 Å². The molecule has 0 aromatic heterocycles. The molecule has 0 radical (unpaired) electrons. The first kappa shape index (κ1) is 11.5. The van der Waals surface area contributed by atoms with Crippen molar-refractivity contribution in [1.82, 2.24) is 0 Å². The Bertz CT molecular complexity index is 288. The molecule has 0 aliphatic carbocycles. The van der Waals surface area contributed by atoms with Crippen molar-refractivity contribution in [2.75, 3.05) is 5.75 Å². The third-order valence-corrected chi connectivity index (χ3v) is 3.13. The molecule has 1 unspecified atom stereocenters. The Hall–Kier alpha value is -0.540. The van der Waals surface area contributed by atoms with Crippen molar-refractivity contribution in [3.8, 4) is 0 Å². The van der Waals surface area contributed by atoms with Crippen LogP contribution in [0, 0.1) is 5.82 Å². The molecule has 1 aromatic carbocycles. The van der Waals surface area contributed by atoms with Gasteiger partial charge in [0.05, 0.1) is 0 Å². The smallest absolute Gasteiger partial charge is 0.128 e. The summed E-state index contributed by atoms with van der Waals surface area (Å²) in [5.41, 5.74) is 6.50. The second-order valence-electron chi connectivity index (χ2n) is 3.51. The van der Waals surface area contributed by atoms with Crippen LogP contribution in [-0.4, -0.2) is 11.0 Å². The Morgan fingerprint density at radius 3 is 2.57 bits per heavy atom. The average molecular weight is 213 g/mol. The van der Waals surface area contributed by atoms with Crippen LogP contribution in [0.3, 0.4) is 0 Å². The monoisotopic (exact) mass is 213 g/mol. The fourth-order valence-corrected chi connectivity index (χ4v) is 1.93. The first-order chi connectivity index (χ1) is 6.61. The molecule has 0 spiro atoms. The van der Waals surface area contributed by atoms with Crippen LogP contribution in [0.15, 0.2) is 24.3 Å². The normalized spacial score (nSPS) is 13.2. The SMILES string of the molecule is CC(C)SCC(N)c1ccccc1F. The molecular formula is C11H16FNS. The second kappa shape index (κ2) is 5.37. The molecule has 2 N–H and O–H groups in total. The predicted octanol–water partition coefficient (Wildman–Crippen LogP) is 2.97. The standard InChI is InChI=1S/C11H16FNS/c1-8(2)14-7-11(13)9-5-3-4-6-10(9)12/h3-6,8,11H,7,13H2,1-2H3. The van der Waals surface area contributed by atoms with E-state index in [4.69, 9.17) is 5.73 Å². The minimum Gasteiger partial charge on any atom is -0.323 e. The van der Waals surface area contributed by atoms with E-state index in [0.29, 0.717) is 10.8 Å². The molecule has 1 rings (SSSR count). The van der Waals surface area contributed by atoms with Gasteiger partial charge in [-0.3, -0.25) is 0 Å². The largest absolute Gasteiger partial charge is 0.323 e. The van der Waals surface area contributed by atoms with Crippen LogP contribution < -0.4 is 5.73 Å². The van der Waals surface area contributed by atoms with Gasteiger partial charge in [0.25, 0.3) is 0 Å². The van der Waals surface area contributed by atoms with Gasteiger partial charge in [0.2, 0.25) is 0 Å². The number of rotatable bonds is 4. The van der Waals surface area contributed by atoms with E-state index in [0.717, 1.165) is 5.75 Å². The summed E-state index contributed by atoms with van der Waals surface area (Å²) >= 11 is 1.75. The Balaban J connectivity index is 2.60. The van der Waals surface area contributed by atoms with Gasteiger partial charge in [-0.25, -0.2) is 4.39 Å². The molecule has 0 heterocycles. The van der Waals surface area contributed by atoms with E-state index < -0.39 is 0 Å². The molecule has 0 aliphatic heterocycles. The summed E-state index contributed by atoms with van der Waals surface area (Å²) in [6, 6.07) is 6.50. The fourth-order valence-electron chi connectivity index (χ4n) is 1.16. The second-order valence-corrected chi connectivity index (χ2v) is 5.12. The molecule has 0 saturated carbocycles. The third-order valence-electron chi connectivity index (χ3n) is 1.91. The van der Waals surface area contributed by atoms with Crippen LogP contribution in [-0.2, 0) is 0 Å². The molecule has 1 nitrogen and oxygen atoms in total. The third kappa shape index (κ3) is 3.31. The number of nitrogens with two attached hydrogens (primary N) is 1. The number of thioether (sulfide) groups is 1. The van der Waals surface area contributed by atoms with Gasteiger partial charge in [0.15, 0.2) is 0 Å². The molecule has 0 saturated heterocycles. The highest BCUT2D eigenvalue weighted by Gasteiger charge is 2.10. The maximum atomic E-state index is 13.3. The molecular weight excluding hydrogens is 197 g/mol. The van der Waals surface area contributed by atoms with Gasteiger partial charge in [0, 0.05) is 17.4 Å². The van der Waals surface area contributed by atoms with Crippen molar-refractivity contribution in [1.29, 1.82) is 0 Å². The highest BCUT2D eigenvalue weighted by atomic mass is 32.2. The zero-order chi connectivity index (χ0) is 10.6. The van der Waals surface area contributed by atoms with Gasteiger partial charge < -0.3 is 5.73 Å². The van der Waals surface area contributed by atoms with Crippen LogP contribution in [0.1, 0.15) is 25.5 Å². The fraction of sp³-hybridized carbons (Fsp3) is 0.455. The molecule has 1 aromatic rings. The predicted molar refractivity (Wildman–Crippen MR) is 60.9 cm³/mol. The Kier molecular flexibility index (Phi) is 4.42. The minimum absolute atomic E-state index is 0.204. The van der Waals surface area contributed by atoms with E-state index in [1.54, 1.807) is 23.9 Å². The molecule has 1 atom stereocenters. The van der Waals surface area contributed by atoms with E-state index in [1.165, 1.54) is 6.07 Å². The Labute approximate surface area is 88.9 Å². The molecule has 0 fully saturated rings.